The van der Waals surface area contributed by atoms with E-state index < -0.39 is 39.9 Å². The molecule has 34 heavy (non-hydrogen) atoms. The second-order valence-corrected chi connectivity index (χ2v) is 39.9. The second-order valence-electron chi connectivity index (χ2n) is 14.0. The Balaban J connectivity index is 5.07. The Morgan fingerprint density at radius 1 is 0.647 bits per heavy atom. The van der Waals surface area contributed by atoms with E-state index in [2.05, 4.69) is 109 Å². The molecule has 0 atom stereocenters. The molecule has 0 saturated heterocycles. The van der Waals surface area contributed by atoms with E-state index in [-0.39, 0.29) is 9.32 Å². The zero-order valence-electron chi connectivity index (χ0n) is 25.6. The highest BCUT2D eigenvalue weighted by atomic mass is 28.4. The molecule has 0 spiro atoms. The first-order chi connectivity index (χ1) is 14.9. The molecule has 0 aliphatic carbocycles. The van der Waals surface area contributed by atoms with Crippen molar-refractivity contribution in [2.75, 3.05) is 12.5 Å². The van der Waals surface area contributed by atoms with Crippen LogP contribution in [0.25, 0.3) is 0 Å². The Hall–Kier alpha value is 0.571. The zero-order chi connectivity index (χ0) is 27.4. The van der Waals surface area contributed by atoms with Crippen molar-refractivity contribution in [1.82, 2.24) is 0 Å². The lowest BCUT2D eigenvalue weighted by Gasteiger charge is -2.44. The molecule has 198 valence electrons. The molecule has 6 radical (unpaired) electrons. The summed E-state index contributed by atoms with van der Waals surface area (Å²) in [6, 6.07) is 2.23. The lowest BCUT2D eigenvalue weighted by molar-refractivity contribution is 0.0783. The third-order valence-corrected chi connectivity index (χ3v) is 32.7. The van der Waals surface area contributed by atoms with Gasteiger partial charge in [0, 0.05) is 35.2 Å². The van der Waals surface area contributed by atoms with Crippen molar-refractivity contribution in [3.8, 4) is 0 Å². The minimum absolute atomic E-state index is 0.243. The predicted molar refractivity (Wildman–Crippen MR) is 164 cm³/mol. The van der Waals surface area contributed by atoms with Gasteiger partial charge in [0.25, 0.3) is 0 Å². The molecular formula is C25H56O3Si6. The van der Waals surface area contributed by atoms with Gasteiger partial charge in [0.1, 0.15) is 0 Å². The summed E-state index contributed by atoms with van der Waals surface area (Å²) in [6.45, 7) is 38.8. The summed E-state index contributed by atoms with van der Waals surface area (Å²) in [5, 5.41) is 0. The van der Waals surface area contributed by atoms with Crippen molar-refractivity contribution >= 4 is 58.9 Å². The molecule has 0 aliphatic rings. The largest absolute Gasteiger partial charge is 0.507 e. The van der Waals surface area contributed by atoms with Crippen molar-refractivity contribution in [1.29, 1.82) is 0 Å². The first kappa shape index (κ1) is 34.6. The molecule has 0 aromatic rings. The summed E-state index contributed by atoms with van der Waals surface area (Å²) in [4.78, 5) is 12.6. The van der Waals surface area contributed by atoms with E-state index in [9.17, 15) is 4.79 Å². The normalized spacial score (nSPS) is 14.6. The van der Waals surface area contributed by atoms with Crippen LogP contribution >= 0.6 is 0 Å². The van der Waals surface area contributed by atoms with Crippen LogP contribution in [0.1, 0.15) is 69.2 Å². The Morgan fingerprint density at radius 3 is 1.12 bits per heavy atom. The van der Waals surface area contributed by atoms with E-state index in [1.165, 1.54) is 0 Å². The molecule has 0 unspecified atom stereocenters. The fourth-order valence-corrected chi connectivity index (χ4v) is 20.9. The minimum Gasteiger partial charge on any atom is -0.438 e. The van der Waals surface area contributed by atoms with E-state index in [4.69, 9.17) is 9.47 Å². The van der Waals surface area contributed by atoms with Gasteiger partial charge in [0.05, 0.1) is 30.1 Å². The van der Waals surface area contributed by atoms with Crippen molar-refractivity contribution in [2.45, 2.75) is 139 Å². The van der Waals surface area contributed by atoms with Crippen LogP contribution in [0.3, 0.4) is 0 Å². The van der Waals surface area contributed by atoms with Crippen molar-refractivity contribution < 1.29 is 14.3 Å². The first-order valence-corrected chi connectivity index (χ1v) is 25.8. The van der Waals surface area contributed by atoms with Crippen molar-refractivity contribution in [3.63, 3.8) is 0 Å². The summed E-state index contributed by atoms with van der Waals surface area (Å²) >= 11 is 0. The number of hydrogen-bond donors (Lipinski definition) is 0. The summed E-state index contributed by atoms with van der Waals surface area (Å²) in [7, 11) is -2.43. The maximum absolute atomic E-state index is 12.6. The standard InChI is InChI=1S/C25H56O3Si6/c1-17-31(22(3,4)29-24(7,8)33(11,12)13)19-27-21(26)28-20-32(18-2)23(5,6)30-25(9,10)34(14,15)16/h17-20H2,1-16H3. The average molecular weight is 573 g/mol. The number of carbonyl (C=O) groups excluding carboxylic acids is 1. The molecular weight excluding hydrogens is 517 g/mol. The third-order valence-electron chi connectivity index (χ3n) is 8.35. The van der Waals surface area contributed by atoms with Gasteiger partial charge in [-0.1, -0.05) is 121 Å². The van der Waals surface area contributed by atoms with Gasteiger partial charge in [0.15, 0.2) is 0 Å². The molecule has 3 nitrogen and oxygen atoms in total. The Kier molecular flexibility index (Phi) is 12.6. The van der Waals surface area contributed by atoms with Gasteiger partial charge in [-0.15, -0.1) is 0 Å². The maximum Gasteiger partial charge on any atom is 0.507 e. The van der Waals surface area contributed by atoms with Gasteiger partial charge in [-0.3, -0.25) is 0 Å². The fourth-order valence-electron chi connectivity index (χ4n) is 3.90. The van der Waals surface area contributed by atoms with E-state index in [0.717, 1.165) is 31.1 Å². The summed E-state index contributed by atoms with van der Waals surface area (Å²) in [5.41, 5.74) is 0. The van der Waals surface area contributed by atoms with Crippen LogP contribution in [0.15, 0.2) is 0 Å². The van der Waals surface area contributed by atoms with Crippen LogP contribution in [0.2, 0.25) is 70.0 Å². The lowest BCUT2D eigenvalue weighted by Crippen LogP contribution is -2.48. The molecule has 0 fully saturated rings. The smallest absolute Gasteiger partial charge is 0.438 e. The maximum atomic E-state index is 12.6. The fraction of sp³-hybridized carbons (Fsp3) is 0.960. The highest BCUT2D eigenvalue weighted by molar-refractivity contribution is 6.91. The van der Waals surface area contributed by atoms with Crippen LogP contribution in [0.5, 0.6) is 0 Å². The topological polar surface area (TPSA) is 35.5 Å². The molecule has 0 N–H and O–H groups in total. The van der Waals surface area contributed by atoms with Crippen LogP contribution in [0.4, 0.5) is 4.79 Å². The van der Waals surface area contributed by atoms with Crippen LogP contribution < -0.4 is 0 Å². The number of hydrogen-bond acceptors (Lipinski definition) is 3. The molecule has 0 aliphatic heterocycles. The molecule has 0 rings (SSSR count). The number of rotatable bonds is 14. The third kappa shape index (κ3) is 10.1. The van der Waals surface area contributed by atoms with Gasteiger partial charge in [-0.25, -0.2) is 4.79 Å². The van der Waals surface area contributed by atoms with E-state index in [1.54, 1.807) is 0 Å². The summed E-state index contributed by atoms with van der Waals surface area (Å²) in [6.07, 6.45) is 0.673. The summed E-state index contributed by atoms with van der Waals surface area (Å²) in [5.74, 6) is 0. The van der Waals surface area contributed by atoms with E-state index >= 15 is 0 Å². The molecule has 0 heterocycles. The molecule has 0 bridgehead atoms. The Bertz CT molecular complexity index is 594. The highest BCUT2D eigenvalue weighted by Crippen LogP contribution is 2.45. The minimum atomic E-state index is -1.27. The van der Waals surface area contributed by atoms with E-state index in [0.29, 0.717) is 21.8 Å². The predicted octanol–water partition coefficient (Wildman–Crippen LogP) is 8.28. The molecule has 0 amide bonds. The Labute approximate surface area is 224 Å². The zero-order valence-corrected chi connectivity index (χ0v) is 31.6. The quantitative estimate of drug-likeness (QED) is 0.155. The van der Waals surface area contributed by atoms with Gasteiger partial charge >= 0.3 is 6.16 Å². The van der Waals surface area contributed by atoms with Gasteiger partial charge in [0.2, 0.25) is 0 Å². The Morgan fingerprint density at radius 2 is 0.912 bits per heavy atom. The van der Waals surface area contributed by atoms with Crippen LogP contribution in [-0.2, 0) is 9.47 Å². The van der Waals surface area contributed by atoms with Crippen molar-refractivity contribution in [2.24, 2.45) is 0 Å². The van der Waals surface area contributed by atoms with Gasteiger partial charge in [-0.05, 0) is 18.6 Å². The average Bonchev–Trinajstić information content (AvgIpc) is 2.58. The molecule has 0 saturated carbocycles. The number of carbonyl (C=O) groups is 1. The second kappa shape index (κ2) is 12.4. The van der Waals surface area contributed by atoms with Crippen LogP contribution in [0, 0.1) is 0 Å². The molecule has 0 aromatic carbocycles. The first-order valence-electron chi connectivity index (χ1n) is 13.0. The van der Waals surface area contributed by atoms with Crippen molar-refractivity contribution in [3.05, 3.63) is 0 Å². The molecule has 9 heteroatoms. The lowest BCUT2D eigenvalue weighted by atomic mass is 10.5. The SMILES string of the molecule is CC[Si](COC(=O)OC[Si](CC)C(C)(C)[Si]C(C)(C)[Si](C)(C)C)C(C)(C)[Si]C(C)(C)[Si](C)(C)C. The van der Waals surface area contributed by atoms with Gasteiger partial charge < -0.3 is 9.47 Å². The summed E-state index contributed by atoms with van der Waals surface area (Å²) < 4.78 is 12.8. The van der Waals surface area contributed by atoms with Gasteiger partial charge in [-0.2, -0.15) is 0 Å². The highest BCUT2D eigenvalue weighted by Gasteiger charge is 2.44. The monoisotopic (exact) mass is 572 g/mol. The number of ether oxygens (including phenoxy) is 2. The van der Waals surface area contributed by atoms with E-state index in [1.807, 2.05) is 0 Å². The van der Waals surface area contributed by atoms with Crippen LogP contribution in [-0.4, -0.2) is 71.4 Å². The molecule has 0 aromatic heterocycles.